The first-order valence-corrected chi connectivity index (χ1v) is 14.5. The van der Waals surface area contributed by atoms with Gasteiger partial charge in [0.15, 0.2) is 11.2 Å². The molecule has 0 amide bonds. The molecular weight excluding hydrogens is 754 g/mol. The second kappa shape index (κ2) is 11.1. The van der Waals surface area contributed by atoms with Crippen LogP contribution in [-0.4, -0.2) is 29.3 Å². The van der Waals surface area contributed by atoms with Crippen molar-refractivity contribution < 1.29 is 25.5 Å². The van der Waals surface area contributed by atoms with Gasteiger partial charge < -0.3 is 13.9 Å². The number of fused-ring (bicyclic) bond motifs is 6. The Morgan fingerprint density at radius 1 is 0.696 bits per heavy atom. The normalized spacial score (nSPS) is 11.4. The Bertz CT molecular complexity index is 2530. The van der Waals surface area contributed by atoms with E-state index in [1.807, 2.05) is 80.1 Å². The van der Waals surface area contributed by atoms with Crippen LogP contribution < -0.4 is 4.90 Å². The minimum absolute atomic E-state index is 0. The summed E-state index contributed by atoms with van der Waals surface area (Å²) in [6.45, 7) is 0. The van der Waals surface area contributed by atoms with Gasteiger partial charge >= 0.3 is 21.1 Å². The average Bonchev–Trinajstić information content (AvgIpc) is 3.79. The molecule has 0 saturated carbocycles. The van der Waals surface area contributed by atoms with E-state index in [1.165, 1.54) is 0 Å². The van der Waals surface area contributed by atoms with Gasteiger partial charge in [0.05, 0.1) is 5.69 Å². The van der Waals surface area contributed by atoms with Gasteiger partial charge in [-0.1, -0.05) is 41.5 Å². The summed E-state index contributed by atoms with van der Waals surface area (Å²) in [7, 11) is 1.91. The molecule has 9 heteroatoms. The maximum atomic E-state index is 6.43. The van der Waals surface area contributed by atoms with Crippen molar-refractivity contribution in [3.8, 4) is 17.1 Å². The Hall–Kier alpha value is -5.59. The third-order valence-electron chi connectivity index (χ3n) is 8.03. The molecule has 0 fully saturated rings. The minimum Gasteiger partial charge on any atom is -0.450 e. The van der Waals surface area contributed by atoms with E-state index < -0.39 is 0 Å². The number of hydrogen-bond donors (Lipinski definition) is 0. The molecule has 6 aromatic heterocycles. The van der Waals surface area contributed by atoms with Gasteiger partial charge in [0.25, 0.3) is 0 Å². The summed E-state index contributed by atoms with van der Waals surface area (Å²) in [4.78, 5) is 16.1. The van der Waals surface area contributed by atoms with Gasteiger partial charge in [0.2, 0.25) is 0 Å². The van der Waals surface area contributed by atoms with E-state index in [4.69, 9.17) is 9.40 Å². The van der Waals surface area contributed by atoms with E-state index in [1.54, 1.807) is 17.1 Å². The number of rotatable bonds is 5. The number of furan rings is 1. The fraction of sp³-hybridized carbons (Fsp3) is 0.0270. The second-order valence-corrected chi connectivity index (χ2v) is 10.8. The van der Waals surface area contributed by atoms with Gasteiger partial charge in [-0.15, -0.1) is 47.3 Å². The quantitative estimate of drug-likeness (QED) is 0.164. The molecule has 0 radical (unpaired) electrons. The number of anilines is 3. The van der Waals surface area contributed by atoms with Crippen LogP contribution in [0.25, 0.3) is 61.1 Å². The number of benzene rings is 3. The first kappa shape index (κ1) is 27.9. The van der Waals surface area contributed by atoms with Crippen LogP contribution >= 0.6 is 0 Å². The molecule has 0 spiro atoms. The number of nitrogens with zero attached hydrogens (tertiary/aromatic N) is 7. The van der Waals surface area contributed by atoms with Crippen molar-refractivity contribution >= 4 is 61.1 Å². The molecule has 0 aliphatic heterocycles. The SMILES string of the molecule is Cn1ccc(-c2[c-]c(N(c3[c-]c4c(cc3)c3ccccc3n4-c3ccccn3)c3ccnc4c3oc3cccnc34)ccc2)n1.[Pt+2]. The van der Waals surface area contributed by atoms with Crippen LogP contribution in [-0.2, 0) is 28.1 Å². The molecule has 0 aliphatic rings. The van der Waals surface area contributed by atoms with Crippen LogP contribution in [0.2, 0.25) is 0 Å². The van der Waals surface area contributed by atoms with Gasteiger partial charge in [-0.3, -0.25) is 14.6 Å². The molecule has 9 rings (SSSR count). The molecule has 6 heterocycles. The topological polar surface area (TPSA) is 77.8 Å². The van der Waals surface area contributed by atoms with Crippen molar-refractivity contribution in [2.24, 2.45) is 7.05 Å². The van der Waals surface area contributed by atoms with Crippen LogP contribution in [0.5, 0.6) is 0 Å². The van der Waals surface area contributed by atoms with Crippen molar-refractivity contribution in [3.63, 3.8) is 0 Å². The molecule has 222 valence electrons. The van der Waals surface area contributed by atoms with Crippen molar-refractivity contribution in [2.75, 3.05) is 4.90 Å². The Morgan fingerprint density at radius 2 is 1.54 bits per heavy atom. The van der Waals surface area contributed by atoms with Gasteiger partial charge in [-0.2, -0.15) is 6.07 Å². The van der Waals surface area contributed by atoms with E-state index in [-0.39, 0.29) is 21.1 Å². The zero-order valence-electron chi connectivity index (χ0n) is 24.4. The fourth-order valence-corrected chi connectivity index (χ4v) is 6.07. The molecule has 46 heavy (non-hydrogen) atoms. The number of para-hydroxylation sites is 1. The standard InChI is InChI=1S/C37H23N7O.Pt/c1-42-21-17-29(41-42)24-8-6-9-25(22-24)43(31-16-20-40-36-35-33(45-37(31)36)12-7-19-39-35)26-14-15-28-27-10-2-3-11-30(27)44(32(28)23-26)34-13-4-5-18-38-34;/h2-21H,1H3;/q-2;+2. The molecule has 0 atom stereocenters. The largest absolute Gasteiger partial charge is 2.00 e. The molecule has 0 aliphatic carbocycles. The van der Waals surface area contributed by atoms with Crippen molar-refractivity contribution in [2.45, 2.75) is 0 Å². The average molecular weight is 777 g/mol. The summed E-state index contributed by atoms with van der Waals surface area (Å²) in [5.74, 6) is 0.821. The number of hydrogen-bond acceptors (Lipinski definition) is 6. The van der Waals surface area contributed by atoms with Crippen molar-refractivity contribution in [1.82, 2.24) is 29.3 Å². The summed E-state index contributed by atoms with van der Waals surface area (Å²) >= 11 is 0. The maximum absolute atomic E-state index is 6.43. The van der Waals surface area contributed by atoms with Crippen LogP contribution in [0.1, 0.15) is 0 Å². The molecule has 9 aromatic rings. The molecule has 0 saturated heterocycles. The summed E-state index contributed by atoms with van der Waals surface area (Å²) < 4.78 is 10.4. The second-order valence-electron chi connectivity index (χ2n) is 10.8. The fourth-order valence-electron chi connectivity index (χ4n) is 6.07. The molecule has 3 aromatic carbocycles. The summed E-state index contributed by atoms with van der Waals surface area (Å²) in [5.41, 5.74) is 8.79. The number of aromatic nitrogens is 6. The zero-order chi connectivity index (χ0) is 29.9. The van der Waals surface area contributed by atoms with Gasteiger partial charge in [0, 0.05) is 43.0 Å². The summed E-state index contributed by atoms with van der Waals surface area (Å²) in [5, 5.41) is 6.84. The van der Waals surface area contributed by atoms with Crippen LogP contribution in [0, 0.1) is 12.1 Å². The number of aryl methyl sites for hydroxylation is 1. The van der Waals surface area contributed by atoms with Crippen LogP contribution in [0.4, 0.5) is 17.1 Å². The van der Waals surface area contributed by atoms with Gasteiger partial charge in [-0.05, 0) is 47.5 Å². The first-order chi connectivity index (χ1) is 22.2. The molecule has 0 N–H and O–H groups in total. The molecule has 0 unspecified atom stereocenters. The van der Waals surface area contributed by atoms with Crippen LogP contribution in [0.15, 0.2) is 126 Å². The molecular formula is C37H23N7OPt. The minimum atomic E-state index is 0. The Kier molecular flexibility index (Phi) is 6.73. The smallest absolute Gasteiger partial charge is 0.450 e. The van der Waals surface area contributed by atoms with E-state index in [0.717, 1.165) is 61.5 Å². The third-order valence-corrected chi connectivity index (χ3v) is 8.03. The Balaban J connectivity index is 0.00000312. The summed E-state index contributed by atoms with van der Waals surface area (Å²) in [6, 6.07) is 39.7. The van der Waals surface area contributed by atoms with E-state index in [9.17, 15) is 0 Å². The van der Waals surface area contributed by atoms with E-state index in [2.05, 4.69) is 73.1 Å². The van der Waals surface area contributed by atoms with Crippen molar-refractivity contribution in [1.29, 1.82) is 0 Å². The predicted molar refractivity (Wildman–Crippen MR) is 176 cm³/mol. The van der Waals surface area contributed by atoms with E-state index >= 15 is 0 Å². The molecule has 0 bridgehead atoms. The van der Waals surface area contributed by atoms with Gasteiger partial charge in [-0.25, -0.2) is 10.1 Å². The predicted octanol–water partition coefficient (Wildman–Crippen LogP) is 8.34. The number of pyridine rings is 3. The summed E-state index contributed by atoms with van der Waals surface area (Å²) in [6.07, 6.45) is 7.29. The Morgan fingerprint density at radius 3 is 2.41 bits per heavy atom. The third kappa shape index (κ3) is 4.41. The van der Waals surface area contributed by atoms with Gasteiger partial charge in [0.1, 0.15) is 16.9 Å². The zero-order valence-corrected chi connectivity index (χ0v) is 26.7. The molecule has 8 nitrogen and oxygen atoms in total. The monoisotopic (exact) mass is 776 g/mol. The van der Waals surface area contributed by atoms with Crippen molar-refractivity contribution in [3.05, 3.63) is 134 Å². The van der Waals surface area contributed by atoms with Crippen LogP contribution in [0.3, 0.4) is 0 Å². The maximum Gasteiger partial charge on any atom is 2.00 e. The first-order valence-electron chi connectivity index (χ1n) is 14.5. The van der Waals surface area contributed by atoms with E-state index in [0.29, 0.717) is 16.7 Å². The Labute approximate surface area is 277 Å².